The van der Waals surface area contributed by atoms with E-state index < -0.39 is 0 Å². The van der Waals surface area contributed by atoms with Crippen molar-refractivity contribution in [3.8, 4) is 0 Å². The lowest BCUT2D eigenvalue weighted by Crippen LogP contribution is -2.53. The maximum absolute atomic E-state index is 13.2. The van der Waals surface area contributed by atoms with Gasteiger partial charge in [-0.15, -0.1) is 11.8 Å². The largest absolute Gasteiger partial charge is 0.367 e. The van der Waals surface area contributed by atoms with E-state index in [1.165, 1.54) is 37.8 Å². The highest BCUT2D eigenvalue weighted by atomic mass is 32.2. The van der Waals surface area contributed by atoms with E-state index in [-0.39, 0.29) is 18.0 Å². The molecule has 192 valence electrons. The predicted octanol–water partition coefficient (Wildman–Crippen LogP) is 4.98. The Kier molecular flexibility index (Phi) is 7.03. The summed E-state index contributed by atoms with van der Waals surface area (Å²) in [7, 11) is 0. The summed E-state index contributed by atoms with van der Waals surface area (Å²) in [5.41, 5.74) is 3.78. The summed E-state index contributed by atoms with van der Waals surface area (Å²) in [5, 5.41) is 5.52. The molecule has 3 saturated heterocycles. The van der Waals surface area contributed by atoms with Crippen LogP contribution in [0.2, 0.25) is 0 Å². The molecule has 0 bridgehead atoms. The molecular formula is C28H36FN5OS. The van der Waals surface area contributed by atoms with E-state index in [0.29, 0.717) is 5.54 Å². The van der Waals surface area contributed by atoms with E-state index in [1.54, 1.807) is 30.2 Å². The molecule has 6 nitrogen and oxygen atoms in total. The molecule has 3 fully saturated rings. The van der Waals surface area contributed by atoms with Gasteiger partial charge in [-0.25, -0.2) is 13.9 Å². The molecule has 5 heterocycles. The fourth-order valence-electron chi connectivity index (χ4n) is 6.61. The van der Waals surface area contributed by atoms with Gasteiger partial charge in [-0.2, -0.15) is 5.10 Å². The third-order valence-electron chi connectivity index (χ3n) is 8.66. The number of hydrogen-bond acceptors (Lipinski definition) is 6. The molecule has 36 heavy (non-hydrogen) atoms. The average molecular weight is 510 g/mol. The Morgan fingerprint density at radius 2 is 1.89 bits per heavy atom. The number of rotatable bonds is 7. The maximum atomic E-state index is 13.2. The fourth-order valence-corrected chi connectivity index (χ4v) is 7.13. The van der Waals surface area contributed by atoms with Crippen molar-refractivity contribution in [2.75, 3.05) is 39.0 Å². The Labute approximate surface area is 217 Å². The zero-order valence-corrected chi connectivity index (χ0v) is 21.9. The molecule has 3 aromatic rings. The second-order valence-corrected chi connectivity index (χ2v) is 11.4. The first-order valence-electron chi connectivity index (χ1n) is 13.4. The van der Waals surface area contributed by atoms with Gasteiger partial charge < -0.3 is 9.64 Å². The van der Waals surface area contributed by atoms with Gasteiger partial charge in [-0.3, -0.25) is 4.90 Å². The molecule has 0 unspecified atom stereocenters. The lowest BCUT2D eigenvalue weighted by molar-refractivity contribution is -0.0144. The van der Waals surface area contributed by atoms with Gasteiger partial charge >= 0.3 is 0 Å². The number of benzene rings is 1. The summed E-state index contributed by atoms with van der Waals surface area (Å²) in [5.74, 6) is -0.155. The fraction of sp³-hybridized carbons (Fsp3) is 0.571. The molecule has 1 aromatic carbocycles. The normalized spacial score (nSPS) is 24.8. The van der Waals surface area contributed by atoms with Crippen LogP contribution in [-0.2, 0) is 11.2 Å². The Morgan fingerprint density at radius 3 is 2.69 bits per heavy atom. The predicted molar refractivity (Wildman–Crippen MR) is 141 cm³/mol. The van der Waals surface area contributed by atoms with Crippen molar-refractivity contribution in [3.05, 3.63) is 59.8 Å². The van der Waals surface area contributed by atoms with Gasteiger partial charge in [0.15, 0.2) is 0 Å². The molecular weight excluding hydrogens is 473 g/mol. The van der Waals surface area contributed by atoms with Crippen LogP contribution in [0.5, 0.6) is 0 Å². The number of fused-ring (bicyclic) bond motifs is 1. The van der Waals surface area contributed by atoms with Crippen LogP contribution in [0.25, 0.3) is 5.52 Å². The number of aromatic nitrogens is 3. The summed E-state index contributed by atoms with van der Waals surface area (Å²) in [6.45, 7) is 5.60. The van der Waals surface area contributed by atoms with Gasteiger partial charge in [0, 0.05) is 18.6 Å². The SMILES string of the molecule is CSc1ncnn2c([C@H]3CC[C@@H](CN4CCCC45CCN(CCc4ccc(F)cc4)CC5)O3)ccc12. The minimum atomic E-state index is -0.155. The van der Waals surface area contributed by atoms with Crippen molar-refractivity contribution in [3.63, 3.8) is 0 Å². The van der Waals surface area contributed by atoms with E-state index >= 15 is 0 Å². The number of piperidine rings is 1. The van der Waals surface area contributed by atoms with E-state index in [4.69, 9.17) is 4.74 Å². The lowest BCUT2D eigenvalue weighted by atomic mass is 9.84. The third kappa shape index (κ3) is 4.80. The van der Waals surface area contributed by atoms with Crippen LogP contribution in [0, 0.1) is 5.82 Å². The number of nitrogens with zero attached hydrogens (tertiary/aromatic N) is 5. The van der Waals surface area contributed by atoms with Gasteiger partial charge in [0.1, 0.15) is 23.3 Å². The smallest absolute Gasteiger partial charge is 0.137 e. The summed E-state index contributed by atoms with van der Waals surface area (Å²) in [6.07, 6.45) is 12.3. The van der Waals surface area contributed by atoms with Gasteiger partial charge in [0.25, 0.3) is 0 Å². The minimum Gasteiger partial charge on any atom is -0.367 e. The third-order valence-corrected chi connectivity index (χ3v) is 9.36. The summed E-state index contributed by atoms with van der Waals surface area (Å²) in [6, 6.07) is 11.3. The summed E-state index contributed by atoms with van der Waals surface area (Å²) >= 11 is 1.65. The van der Waals surface area contributed by atoms with E-state index in [1.807, 2.05) is 16.6 Å². The van der Waals surface area contributed by atoms with Crippen LogP contribution in [0.15, 0.2) is 47.8 Å². The van der Waals surface area contributed by atoms with Crippen molar-refractivity contribution >= 4 is 17.3 Å². The highest BCUT2D eigenvalue weighted by Gasteiger charge is 2.44. The van der Waals surface area contributed by atoms with Gasteiger partial charge in [0.2, 0.25) is 0 Å². The van der Waals surface area contributed by atoms with E-state index in [2.05, 4.69) is 38.3 Å². The summed E-state index contributed by atoms with van der Waals surface area (Å²) < 4.78 is 21.8. The molecule has 6 rings (SSSR count). The molecule has 0 aliphatic carbocycles. The Morgan fingerprint density at radius 1 is 1.06 bits per heavy atom. The monoisotopic (exact) mass is 509 g/mol. The second-order valence-electron chi connectivity index (χ2n) is 10.6. The minimum absolute atomic E-state index is 0.106. The molecule has 3 aliphatic heterocycles. The van der Waals surface area contributed by atoms with Crippen molar-refractivity contribution in [1.29, 1.82) is 0 Å². The molecule has 0 saturated carbocycles. The molecule has 0 N–H and O–H groups in total. The number of ether oxygens (including phenoxy) is 1. The number of thioether (sulfide) groups is 1. The highest BCUT2D eigenvalue weighted by Crippen LogP contribution is 2.41. The number of halogens is 1. The molecule has 2 aromatic heterocycles. The van der Waals surface area contributed by atoms with E-state index in [0.717, 1.165) is 61.7 Å². The zero-order valence-electron chi connectivity index (χ0n) is 21.1. The van der Waals surface area contributed by atoms with Crippen molar-refractivity contribution in [2.45, 2.75) is 67.7 Å². The maximum Gasteiger partial charge on any atom is 0.137 e. The van der Waals surface area contributed by atoms with Gasteiger partial charge in [-0.1, -0.05) is 12.1 Å². The van der Waals surface area contributed by atoms with Gasteiger partial charge in [-0.05, 0) is 101 Å². The lowest BCUT2D eigenvalue weighted by Gasteiger charge is -2.46. The number of likely N-dealkylation sites (tertiary alicyclic amines) is 2. The highest BCUT2D eigenvalue weighted by molar-refractivity contribution is 7.98. The molecule has 3 aliphatic rings. The van der Waals surface area contributed by atoms with Crippen LogP contribution in [0.3, 0.4) is 0 Å². The standard InChI is InChI=1S/C28H36FN5OS/c1-36-27-25-9-8-24(34(25)31-20-30-27)26-10-7-23(35-26)19-33-15-2-12-28(33)13-17-32(18-14-28)16-11-21-3-5-22(29)6-4-21/h3-6,8-9,20,23,26H,2,7,10-19H2,1H3/t23-,26+/m0/s1. The molecule has 1 spiro atoms. The van der Waals surface area contributed by atoms with Crippen LogP contribution >= 0.6 is 11.8 Å². The first-order valence-corrected chi connectivity index (χ1v) is 14.6. The average Bonchev–Trinajstić information content (AvgIpc) is 3.64. The van der Waals surface area contributed by atoms with Gasteiger partial charge in [0.05, 0.1) is 17.3 Å². The van der Waals surface area contributed by atoms with Crippen LogP contribution < -0.4 is 0 Å². The quantitative estimate of drug-likeness (QED) is 0.419. The first-order chi connectivity index (χ1) is 17.6. The van der Waals surface area contributed by atoms with Crippen LogP contribution in [-0.4, -0.2) is 75.0 Å². The number of hydrogen-bond donors (Lipinski definition) is 0. The first kappa shape index (κ1) is 24.3. The summed E-state index contributed by atoms with van der Waals surface area (Å²) in [4.78, 5) is 9.76. The van der Waals surface area contributed by atoms with Crippen molar-refractivity contribution < 1.29 is 9.13 Å². The van der Waals surface area contributed by atoms with Crippen molar-refractivity contribution in [1.82, 2.24) is 24.4 Å². The van der Waals surface area contributed by atoms with Crippen LogP contribution in [0.1, 0.15) is 55.9 Å². The molecule has 8 heteroatoms. The molecule has 0 amide bonds. The zero-order chi connectivity index (χ0) is 24.5. The topological polar surface area (TPSA) is 45.9 Å². The molecule has 2 atom stereocenters. The van der Waals surface area contributed by atoms with E-state index in [9.17, 15) is 4.39 Å². The van der Waals surface area contributed by atoms with Crippen LogP contribution in [0.4, 0.5) is 4.39 Å². The second kappa shape index (κ2) is 10.4. The molecule has 0 radical (unpaired) electrons. The Hall–Kier alpha value is -2.00. The Bertz CT molecular complexity index is 1180. The Balaban J connectivity index is 1.04. The van der Waals surface area contributed by atoms with Crippen molar-refractivity contribution in [2.24, 2.45) is 0 Å².